The van der Waals surface area contributed by atoms with E-state index in [2.05, 4.69) is 51.1 Å². The van der Waals surface area contributed by atoms with Gasteiger partial charge in [0.1, 0.15) is 0 Å². The zero-order valence-corrected chi connectivity index (χ0v) is 12.5. The molecule has 0 saturated heterocycles. The highest BCUT2D eigenvalue weighted by Crippen LogP contribution is 2.35. The minimum Gasteiger partial charge on any atom is -0.0654 e. The first kappa shape index (κ1) is 15.3. The molecule has 2 atom stereocenters. The second kappa shape index (κ2) is 9.19. The lowest BCUT2D eigenvalue weighted by Gasteiger charge is -2.33. The van der Waals surface area contributed by atoms with Crippen LogP contribution in [0.5, 0.6) is 0 Å². The van der Waals surface area contributed by atoms with Crippen LogP contribution in [0.25, 0.3) is 0 Å². The fourth-order valence-electron chi connectivity index (χ4n) is 2.46. The molecule has 18 heavy (non-hydrogen) atoms. The van der Waals surface area contributed by atoms with Crippen molar-refractivity contribution < 1.29 is 0 Å². The summed E-state index contributed by atoms with van der Waals surface area (Å²) in [5, 5.41) is 0. The third-order valence-corrected chi connectivity index (χ3v) is 4.10. The predicted molar refractivity (Wildman–Crippen MR) is 81.9 cm³/mol. The maximum atomic E-state index is 2.37. The topological polar surface area (TPSA) is 0 Å². The first-order valence-corrected chi connectivity index (χ1v) is 7.81. The first-order chi connectivity index (χ1) is 8.77. The van der Waals surface area contributed by atoms with Crippen LogP contribution >= 0.6 is 0 Å². The second-order valence-electron chi connectivity index (χ2n) is 5.71. The highest BCUT2D eigenvalue weighted by molar-refractivity contribution is 5.15. The Labute approximate surface area is 114 Å². The van der Waals surface area contributed by atoms with Crippen molar-refractivity contribution in [2.45, 2.75) is 65.7 Å². The molecule has 0 radical (unpaired) electrons. The summed E-state index contributed by atoms with van der Waals surface area (Å²) in [4.78, 5) is 0. The molecule has 0 nitrogen and oxygen atoms in total. The first-order valence-electron chi connectivity index (χ1n) is 7.81. The Morgan fingerprint density at radius 3 is 1.94 bits per heavy atom. The van der Waals surface area contributed by atoms with E-state index in [-0.39, 0.29) is 0 Å². The second-order valence-corrected chi connectivity index (χ2v) is 5.71. The Morgan fingerprint density at radius 1 is 0.944 bits per heavy atom. The van der Waals surface area contributed by atoms with Gasteiger partial charge in [0, 0.05) is 0 Å². The minimum atomic E-state index is 0.963. The summed E-state index contributed by atoms with van der Waals surface area (Å²) in [5.74, 6) is 1.93. The van der Waals surface area contributed by atoms with E-state index in [1.54, 1.807) is 0 Å². The highest BCUT2D eigenvalue weighted by Gasteiger charge is 2.26. The standard InChI is InChI=1S/C12H16.C6H14/c1-10-7-8-12(10)9-11-5-3-2-4-6-11;1-3-5-6-4-2/h2-6,10,12H,7-9H2,1H3;3-6H2,1-2H3. The molecule has 1 saturated carbocycles. The Hall–Kier alpha value is -0.780. The van der Waals surface area contributed by atoms with Gasteiger partial charge in [0.15, 0.2) is 0 Å². The van der Waals surface area contributed by atoms with Gasteiger partial charge in [0.25, 0.3) is 0 Å². The molecule has 1 aliphatic rings. The molecule has 102 valence electrons. The number of rotatable bonds is 5. The Balaban J connectivity index is 0.000000232. The van der Waals surface area contributed by atoms with E-state index in [0.29, 0.717) is 0 Å². The number of benzene rings is 1. The summed E-state index contributed by atoms with van der Waals surface area (Å²) >= 11 is 0. The van der Waals surface area contributed by atoms with E-state index < -0.39 is 0 Å². The monoisotopic (exact) mass is 246 g/mol. The molecule has 1 aromatic carbocycles. The summed E-state index contributed by atoms with van der Waals surface area (Å²) in [6, 6.07) is 10.8. The van der Waals surface area contributed by atoms with Crippen molar-refractivity contribution in [3.05, 3.63) is 35.9 Å². The SMILES string of the molecule is CC1CCC1Cc1ccccc1.CCCCCC. The summed E-state index contributed by atoms with van der Waals surface area (Å²) in [6.45, 7) is 6.84. The van der Waals surface area contributed by atoms with Crippen molar-refractivity contribution in [3.8, 4) is 0 Å². The third kappa shape index (κ3) is 5.71. The molecule has 0 N–H and O–H groups in total. The molecule has 0 aliphatic heterocycles. The van der Waals surface area contributed by atoms with Crippen LogP contribution in [0.2, 0.25) is 0 Å². The van der Waals surface area contributed by atoms with Crippen LogP contribution in [0.3, 0.4) is 0 Å². The van der Waals surface area contributed by atoms with E-state index in [4.69, 9.17) is 0 Å². The molecular formula is C18H30. The molecule has 1 fully saturated rings. The maximum absolute atomic E-state index is 2.37. The van der Waals surface area contributed by atoms with Gasteiger partial charge in [0.2, 0.25) is 0 Å². The van der Waals surface area contributed by atoms with Crippen LogP contribution in [0.4, 0.5) is 0 Å². The maximum Gasteiger partial charge on any atom is -0.0248 e. The van der Waals surface area contributed by atoms with Crippen molar-refractivity contribution >= 4 is 0 Å². The third-order valence-electron chi connectivity index (χ3n) is 4.10. The Morgan fingerprint density at radius 2 is 1.56 bits per heavy atom. The molecular weight excluding hydrogens is 216 g/mol. The van der Waals surface area contributed by atoms with E-state index >= 15 is 0 Å². The molecule has 0 bridgehead atoms. The van der Waals surface area contributed by atoms with Crippen molar-refractivity contribution in [1.29, 1.82) is 0 Å². The van der Waals surface area contributed by atoms with Crippen LogP contribution in [0.15, 0.2) is 30.3 Å². The minimum absolute atomic E-state index is 0.963. The smallest absolute Gasteiger partial charge is 0.0248 e. The number of hydrogen-bond acceptors (Lipinski definition) is 0. The number of unbranched alkanes of at least 4 members (excludes halogenated alkanes) is 3. The molecule has 0 heteroatoms. The lowest BCUT2D eigenvalue weighted by atomic mass is 9.72. The van der Waals surface area contributed by atoms with Crippen molar-refractivity contribution in [1.82, 2.24) is 0 Å². The molecule has 2 rings (SSSR count). The predicted octanol–water partition coefficient (Wildman–Crippen LogP) is 5.86. The molecule has 0 heterocycles. The van der Waals surface area contributed by atoms with Crippen LogP contribution in [0.1, 0.15) is 64.9 Å². The van der Waals surface area contributed by atoms with Gasteiger partial charge < -0.3 is 0 Å². The van der Waals surface area contributed by atoms with Gasteiger partial charge in [-0.25, -0.2) is 0 Å². The van der Waals surface area contributed by atoms with Gasteiger partial charge in [-0.1, -0.05) is 83.2 Å². The van der Waals surface area contributed by atoms with Gasteiger partial charge in [-0.2, -0.15) is 0 Å². The Kier molecular flexibility index (Phi) is 7.80. The summed E-state index contributed by atoms with van der Waals surface area (Å²) < 4.78 is 0. The van der Waals surface area contributed by atoms with E-state index in [1.165, 1.54) is 50.5 Å². The molecule has 0 spiro atoms. The summed E-state index contributed by atoms with van der Waals surface area (Å²) in [6.07, 6.45) is 9.71. The average molecular weight is 246 g/mol. The largest absolute Gasteiger partial charge is 0.0654 e. The zero-order chi connectivity index (χ0) is 13.2. The highest BCUT2D eigenvalue weighted by atomic mass is 14.3. The van der Waals surface area contributed by atoms with Crippen LogP contribution < -0.4 is 0 Å². The van der Waals surface area contributed by atoms with Crippen molar-refractivity contribution in [2.24, 2.45) is 11.8 Å². The molecule has 2 unspecified atom stereocenters. The fraction of sp³-hybridized carbons (Fsp3) is 0.667. The van der Waals surface area contributed by atoms with Crippen molar-refractivity contribution in [3.63, 3.8) is 0 Å². The summed E-state index contributed by atoms with van der Waals surface area (Å²) in [7, 11) is 0. The molecule has 1 aromatic rings. The zero-order valence-electron chi connectivity index (χ0n) is 12.5. The van der Waals surface area contributed by atoms with E-state index in [1.807, 2.05) is 0 Å². The average Bonchev–Trinajstić information content (AvgIpc) is 2.43. The van der Waals surface area contributed by atoms with Gasteiger partial charge in [-0.05, 0) is 30.2 Å². The van der Waals surface area contributed by atoms with Crippen LogP contribution in [-0.4, -0.2) is 0 Å². The molecule has 1 aliphatic carbocycles. The summed E-state index contributed by atoms with van der Waals surface area (Å²) in [5.41, 5.74) is 1.51. The van der Waals surface area contributed by atoms with Crippen LogP contribution in [0, 0.1) is 11.8 Å². The number of hydrogen-bond donors (Lipinski definition) is 0. The van der Waals surface area contributed by atoms with Gasteiger partial charge in [0.05, 0.1) is 0 Å². The lowest BCUT2D eigenvalue weighted by molar-refractivity contribution is 0.196. The quantitative estimate of drug-likeness (QED) is 0.571. The van der Waals surface area contributed by atoms with Crippen molar-refractivity contribution in [2.75, 3.05) is 0 Å². The van der Waals surface area contributed by atoms with E-state index in [0.717, 1.165) is 11.8 Å². The van der Waals surface area contributed by atoms with Gasteiger partial charge >= 0.3 is 0 Å². The fourth-order valence-corrected chi connectivity index (χ4v) is 2.46. The lowest BCUT2D eigenvalue weighted by Crippen LogP contribution is -2.24. The van der Waals surface area contributed by atoms with Gasteiger partial charge in [-0.3, -0.25) is 0 Å². The van der Waals surface area contributed by atoms with Crippen LogP contribution in [-0.2, 0) is 6.42 Å². The molecule has 0 amide bonds. The van der Waals surface area contributed by atoms with Gasteiger partial charge in [-0.15, -0.1) is 0 Å². The normalized spacial score (nSPS) is 21.7. The van der Waals surface area contributed by atoms with E-state index in [9.17, 15) is 0 Å². The Bertz CT molecular complexity index is 284. The molecule has 0 aromatic heterocycles.